The van der Waals surface area contributed by atoms with Crippen molar-refractivity contribution in [3.63, 3.8) is 0 Å². The van der Waals surface area contributed by atoms with Crippen LogP contribution in [0.15, 0.2) is 23.2 Å². The van der Waals surface area contributed by atoms with Crippen LogP contribution in [0.25, 0.3) is 0 Å². The molecular weight excluding hydrogens is 283 g/mol. The molecule has 0 aromatic heterocycles. The number of thioether (sulfide) groups is 1. The molecule has 1 aliphatic heterocycles. The molecule has 1 aromatic carbocycles. The molecule has 3 rings (SSSR count). The third-order valence-corrected chi connectivity index (χ3v) is 5.16. The van der Waals surface area contributed by atoms with Gasteiger partial charge in [0.15, 0.2) is 5.17 Å². The number of hydrogen-bond acceptors (Lipinski definition) is 3. The Morgan fingerprint density at radius 1 is 1.32 bits per heavy atom. The van der Waals surface area contributed by atoms with Gasteiger partial charge in [0.05, 0.1) is 16.8 Å². The van der Waals surface area contributed by atoms with Crippen molar-refractivity contribution in [2.24, 2.45) is 10.9 Å². The van der Waals surface area contributed by atoms with Crippen molar-refractivity contribution in [3.05, 3.63) is 29.0 Å². The van der Waals surface area contributed by atoms with E-state index in [4.69, 9.17) is 16.6 Å². The van der Waals surface area contributed by atoms with Gasteiger partial charge in [-0.1, -0.05) is 36.2 Å². The molecule has 0 saturated heterocycles. The summed E-state index contributed by atoms with van der Waals surface area (Å²) >= 11 is 7.78. The van der Waals surface area contributed by atoms with E-state index in [2.05, 4.69) is 5.32 Å². The average molecular weight is 299 g/mol. The van der Waals surface area contributed by atoms with E-state index in [0.29, 0.717) is 22.7 Å². The molecule has 1 aromatic rings. The number of anilines is 1. The van der Waals surface area contributed by atoms with Crippen LogP contribution in [0, 0.1) is 11.7 Å². The second-order valence-corrected chi connectivity index (χ2v) is 6.52. The second-order valence-electron chi connectivity index (χ2n) is 5.11. The van der Waals surface area contributed by atoms with Gasteiger partial charge in [-0.15, -0.1) is 0 Å². The van der Waals surface area contributed by atoms with Crippen molar-refractivity contribution in [2.75, 3.05) is 11.1 Å². The number of benzene rings is 1. The largest absolute Gasteiger partial charge is 0.334 e. The highest BCUT2D eigenvalue weighted by Gasteiger charge is 2.29. The molecular formula is C14H16ClFN2S. The van der Waals surface area contributed by atoms with Crippen LogP contribution < -0.4 is 5.32 Å². The fourth-order valence-electron chi connectivity index (χ4n) is 2.70. The van der Waals surface area contributed by atoms with Gasteiger partial charge in [0.2, 0.25) is 0 Å². The number of nitrogens with zero attached hydrogens (tertiary/aromatic N) is 1. The highest BCUT2D eigenvalue weighted by Crippen LogP contribution is 2.35. The van der Waals surface area contributed by atoms with E-state index in [9.17, 15) is 4.39 Å². The fraction of sp³-hybridized carbons (Fsp3) is 0.500. The minimum atomic E-state index is -0.288. The number of amidine groups is 1. The molecule has 1 fully saturated rings. The number of fused-ring (bicyclic) bond motifs is 1. The molecule has 2 aliphatic rings. The van der Waals surface area contributed by atoms with Gasteiger partial charge in [-0.25, -0.2) is 4.39 Å². The maximum absolute atomic E-state index is 13.2. The molecule has 0 radical (unpaired) electrons. The van der Waals surface area contributed by atoms with Gasteiger partial charge in [-0.3, -0.25) is 4.99 Å². The molecule has 19 heavy (non-hydrogen) atoms. The van der Waals surface area contributed by atoms with Crippen LogP contribution in [0.3, 0.4) is 0 Å². The first-order valence-corrected chi connectivity index (χ1v) is 8.01. The Balaban J connectivity index is 1.76. The van der Waals surface area contributed by atoms with Gasteiger partial charge in [0, 0.05) is 5.75 Å². The maximum Gasteiger partial charge on any atom is 0.161 e. The van der Waals surface area contributed by atoms with Gasteiger partial charge in [-0.05, 0) is 37.0 Å². The van der Waals surface area contributed by atoms with Crippen molar-refractivity contribution >= 4 is 34.2 Å². The third kappa shape index (κ3) is 3.06. The van der Waals surface area contributed by atoms with E-state index >= 15 is 0 Å². The first-order valence-electron chi connectivity index (χ1n) is 6.65. The molecule has 102 valence electrons. The Morgan fingerprint density at radius 2 is 2.16 bits per heavy atom. The summed E-state index contributed by atoms with van der Waals surface area (Å²) in [6, 6.07) is 4.78. The number of hydrogen-bond donors (Lipinski definition) is 1. The lowest BCUT2D eigenvalue weighted by Crippen LogP contribution is -2.31. The lowest BCUT2D eigenvalue weighted by atomic mass is 9.86. The SMILES string of the molecule is Fc1ccc(Cl)c(NC2=NC3CCCCC3CS2)c1. The van der Waals surface area contributed by atoms with E-state index in [1.807, 2.05) is 0 Å². The van der Waals surface area contributed by atoms with Gasteiger partial charge in [0.1, 0.15) is 5.82 Å². The van der Waals surface area contributed by atoms with Crippen LogP contribution in [-0.2, 0) is 0 Å². The predicted molar refractivity (Wildman–Crippen MR) is 80.7 cm³/mol. The number of nitrogens with one attached hydrogen (secondary N) is 1. The lowest BCUT2D eigenvalue weighted by molar-refractivity contribution is 0.336. The molecule has 1 aliphatic carbocycles. The Hall–Kier alpha value is -0.740. The maximum atomic E-state index is 13.2. The average Bonchev–Trinajstić information content (AvgIpc) is 2.43. The van der Waals surface area contributed by atoms with Crippen LogP contribution in [0.5, 0.6) is 0 Å². The predicted octanol–water partition coefficient (Wildman–Crippen LogP) is 4.55. The van der Waals surface area contributed by atoms with Crippen LogP contribution in [0.1, 0.15) is 25.7 Å². The smallest absolute Gasteiger partial charge is 0.161 e. The van der Waals surface area contributed by atoms with E-state index in [1.165, 1.54) is 37.8 Å². The van der Waals surface area contributed by atoms with Crippen LogP contribution in [-0.4, -0.2) is 17.0 Å². The number of rotatable bonds is 1. The molecule has 5 heteroatoms. The van der Waals surface area contributed by atoms with Crippen LogP contribution in [0.4, 0.5) is 10.1 Å². The minimum absolute atomic E-state index is 0.288. The molecule has 2 nitrogen and oxygen atoms in total. The van der Waals surface area contributed by atoms with Gasteiger partial charge < -0.3 is 5.32 Å². The van der Waals surface area contributed by atoms with E-state index < -0.39 is 0 Å². The number of aliphatic imine (C=N–C) groups is 1. The minimum Gasteiger partial charge on any atom is -0.334 e. The third-order valence-electron chi connectivity index (χ3n) is 3.76. The fourth-order valence-corrected chi connectivity index (χ4v) is 4.02. The Kier molecular flexibility index (Phi) is 3.99. The van der Waals surface area contributed by atoms with Gasteiger partial charge in [0.25, 0.3) is 0 Å². The summed E-state index contributed by atoms with van der Waals surface area (Å²) < 4.78 is 13.2. The van der Waals surface area contributed by atoms with Crippen molar-refractivity contribution in [2.45, 2.75) is 31.7 Å². The standard InChI is InChI=1S/C14H16ClFN2S/c15-11-6-5-10(16)7-13(11)18-14-17-12-4-2-1-3-9(12)8-19-14/h5-7,9,12H,1-4,8H2,(H,17,18). The van der Waals surface area contributed by atoms with Crippen molar-refractivity contribution < 1.29 is 4.39 Å². The normalized spacial score (nSPS) is 26.5. The highest BCUT2D eigenvalue weighted by atomic mass is 35.5. The van der Waals surface area contributed by atoms with Crippen LogP contribution in [0.2, 0.25) is 5.02 Å². The molecule has 2 unspecified atom stereocenters. The summed E-state index contributed by atoms with van der Waals surface area (Å²) in [5.74, 6) is 1.53. The van der Waals surface area contributed by atoms with Crippen molar-refractivity contribution in [3.8, 4) is 0 Å². The van der Waals surface area contributed by atoms with E-state index in [0.717, 1.165) is 10.9 Å². The molecule has 0 bridgehead atoms. The van der Waals surface area contributed by atoms with Crippen LogP contribution >= 0.6 is 23.4 Å². The molecule has 0 amide bonds. The van der Waals surface area contributed by atoms with Crippen molar-refractivity contribution in [1.82, 2.24) is 0 Å². The molecule has 0 spiro atoms. The first-order chi connectivity index (χ1) is 9.22. The zero-order chi connectivity index (χ0) is 13.2. The zero-order valence-corrected chi connectivity index (χ0v) is 12.1. The molecule has 1 heterocycles. The lowest BCUT2D eigenvalue weighted by Gasteiger charge is -2.32. The summed E-state index contributed by atoms with van der Waals surface area (Å²) in [6.45, 7) is 0. The van der Waals surface area contributed by atoms with Gasteiger partial charge in [-0.2, -0.15) is 0 Å². The highest BCUT2D eigenvalue weighted by molar-refractivity contribution is 8.14. The van der Waals surface area contributed by atoms with E-state index in [-0.39, 0.29) is 5.82 Å². The molecule has 2 atom stereocenters. The monoisotopic (exact) mass is 298 g/mol. The zero-order valence-electron chi connectivity index (χ0n) is 10.5. The summed E-state index contributed by atoms with van der Waals surface area (Å²) in [6.07, 6.45) is 5.06. The topological polar surface area (TPSA) is 24.4 Å². The summed E-state index contributed by atoms with van der Waals surface area (Å²) in [4.78, 5) is 4.76. The van der Waals surface area contributed by atoms with Crippen molar-refractivity contribution in [1.29, 1.82) is 0 Å². The Bertz CT molecular complexity index is 506. The van der Waals surface area contributed by atoms with E-state index in [1.54, 1.807) is 17.8 Å². The molecule has 1 saturated carbocycles. The first kappa shape index (κ1) is 13.3. The quantitative estimate of drug-likeness (QED) is 0.822. The summed E-state index contributed by atoms with van der Waals surface area (Å²) in [5, 5.41) is 4.56. The van der Waals surface area contributed by atoms with Gasteiger partial charge >= 0.3 is 0 Å². The summed E-state index contributed by atoms with van der Waals surface area (Å²) in [5.41, 5.74) is 0.599. The Labute approximate surface area is 121 Å². The number of halogens is 2. The molecule has 1 N–H and O–H groups in total. The second kappa shape index (κ2) is 5.71. The Morgan fingerprint density at radius 3 is 3.05 bits per heavy atom. The summed E-state index contributed by atoms with van der Waals surface area (Å²) in [7, 11) is 0.